The van der Waals surface area contributed by atoms with Gasteiger partial charge in [0.2, 0.25) is 0 Å². The Labute approximate surface area is 188 Å². The van der Waals surface area contributed by atoms with Crippen molar-refractivity contribution in [2.24, 2.45) is 4.99 Å². The van der Waals surface area contributed by atoms with E-state index in [4.69, 9.17) is 4.74 Å². The summed E-state index contributed by atoms with van der Waals surface area (Å²) in [5.74, 6) is 0.919. The Morgan fingerprint density at radius 1 is 1.28 bits per heavy atom. The lowest BCUT2D eigenvalue weighted by molar-refractivity contribution is -0.137. The molecule has 0 aromatic heterocycles. The van der Waals surface area contributed by atoms with E-state index in [0.29, 0.717) is 18.6 Å². The molecular formula is C20H32F3IN4O. The van der Waals surface area contributed by atoms with Crippen molar-refractivity contribution in [3.8, 4) is 5.75 Å². The van der Waals surface area contributed by atoms with Crippen LogP contribution in [-0.4, -0.2) is 55.7 Å². The van der Waals surface area contributed by atoms with Crippen LogP contribution in [0.4, 0.5) is 13.2 Å². The van der Waals surface area contributed by atoms with Gasteiger partial charge in [0, 0.05) is 31.7 Å². The summed E-state index contributed by atoms with van der Waals surface area (Å²) in [5, 5.41) is 6.66. The van der Waals surface area contributed by atoms with Gasteiger partial charge < -0.3 is 20.3 Å². The van der Waals surface area contributed by atoms with E-state index in [2.05, 4.69) is 34.4 Å². The molecule has 1 aliphatic rings. The summed E-state index contributed by atoms with van der Waals surface area (Å²) in [6.07, 6.45) is -2.25. The zero-order valence-corrected chi connectivity index (χ0v) is 19.6. The molecule has 1 fully saturated rings. The van der Waals surface area contributed by atoms with Crippen LogP contribution in [0.3, 0.4) is 0 Å². The minimum Gasteiger partial charge on any atom is -0.492 e. The SMILES string of the molecule is CCNC(=NCCOc1cccc(C(F)(F)F)c1)NC1CCN(C(C)C)CC1.I. The Kier molecular flexibility index (Phi) is 11.1. The van der Waals surface area contributed by atoms with E-state index in [1.807, 2.05) is 6.92 Å². The molecule has 0 spiro atoms. The molecule has 0 unspecified atom stereocenters. The summed E-state index contributed by atoms with van der Waals surface area (Å²) < 4.78 is 43.7. The van der Waals surface area contributed by atoms with Gasteiger partial charge in [0.15, 0.2) is 5.96 Å². The van der Waals surface area contributed by atoms with Gasteiger partial charge in [-0.25, -0.2) is 4.99 Å². The number of piperidine rings is 1. The fraction of sp³-hybridized carbons (Fsp3) is 0.650. The minimum absolute atomic E-state index is 0. The lowest BCUT2D eigenvalue weighted by Gasteiger charge is -2.35. The highest BCUT2D eigenvalue weighted by Gasteiger charge is 2.30. The van der Waals surface area contributed by atoms with Crippen molar-refractivity contribution in [3.05, 3.63) is 29.8 Å². The molecule has 1 heterocycles. The molecule has 5 nitrogen and oxygen atoms in total. The number of ether oxygens (including phenoxy) is 1. The third kappa shape index (κ3) is 8.98. The maximum atomic E-state index is 12.7. The molecule has 2 rings (SSSR count). The fourth-order valence-corrected chi connectivity index (χ4v) is 3.16. The predicted octanol–water partition coefficient (Wildman–Crippen LogP) is 4.13. The zero-order valence-electron chi connectivity index (χ0n) is 17.3. The molecule has 0 aliphatic carbocycles. The second-order valence-electron chi connectivity index (χ2n) is 7.18. The molecule has 0 bridgehead atoms. The Bertz CT molecular complexity index is 632. The predicted molar refractivity (Wildman–Crippen MR) is 121 cm³/mol. The van der Waals surface area contributed by atoms with Gasteiger partial charge in [0.25, 0.3) is 0 Å². The molecule has 0 radical (unpaired) electrons. The number of hydrogen-bond donors (Lipinski definition) is 2. The van der Waals surface area contributed by atoms with Gasteiger partial charge in [-0.15, -0.1) is 24.0 Å². The average Bonchev–Trinajstić information content (AvgIpc) is 2.65. The molecule has 0 atom stereocenters. The van der Waals surface area contributed by atoms with Crippen LogP contribution in [0.25, 0.3) is 0 Å². The standard InChI is InChI=1S/C20H31F3N4O.HI/c1-4-24-19(26-17-8-11-27(12-9-17)15(2)3)25-10-13-28-18-7-5-6-16(14-18)20(21,22)23;/h5-7,14-15,17H,4,8-13H2,1-3H3,(H2,24,25,26);1H. The molecule has 1 aromatic carbocycles. The topological polar surface area (TPSA) is 48.9 Å². The van der Waals surface area contributed by atoms with Gasteiger partial charge in [-0.3, -0.25) is 0 Å². The van der Waals surface area contributed by atoms with Crippen molar-refractivity contribution in [1.29, 1.82) is 0 Å². The second-order valence-corrected chi connectivity index (χ2v) is 7.18. The molecule has 1 aromatic rings. The summed E-state index contributed by atoms with van der Waals surface area (Å²) in [5.41, 5.74) is -0.712. The summed E-state index contributed by atoms with van der Waals surface area (Å²) in [6, 6.07) is 5.84. The monoisotopic (exact) mass is 528 g/mol. The lowest BCUT2D eigenvalue weighted by Crippen LogP contribution is -2.50. The van der Waals surface area contributed by atoms with Crippen LogP contribution < -0.4 is 15.4 Å². The van der Waals surface area contributed by atoms with E-state index in [0.717, 1.165) is 50.6 Å². The first-order valence-corrected chi connectivity index (χ1v) is 9.88. The van der Waals surface area contributed by atoms with E-state index < -0.39 is 11.7 Å². The normalized spacial score (nSPS) is 16.4. The number of halogens is 4. The molecule has 9 heteroatoms. The molecule has 1 aliphatic heterocycles. The first-order valence-electron chi connectivity index (χ1n) is 9.88. The number of nitrogens with one attached hydrogen (secondary N) is 2. The number of alkyl halides is 3. The average molecular weight is 528 g/mol. The summed E-state index contributed by atoms with van der Waals surface area (Å²) in [6.45, 7) is 9.86. The summed E-state index contributed by atoms with van der Waals surface area (Å²) in [4.78, 5) is 6.94. The first kappa shape index (κ1) is 25.8. The van der Waals surface area contributed by atoms with E-state index in [-0.39, 0.29) is 36.3 Å². The molecule has 166 valence electrons. The summed E-state index contributed by atoms with van der Waals surface area (Å²) >= 11 is 0. The van der Waals surface area contributed by atoms with Crippen LogP contribution >= 0.6 is 24.0 Å². The van der Waals surface area contributed by atoms with Crippen molar-refractivity contribution >= 4 is 29.9 Å². The van der Waals surface area contributed by atoms with Crippen molar-refractivity contribution in [2.45, 2.75) is 51.9 Å². The van der Waals surface area contributed by atoms with Crippen LogP contribution in [0.2, 0.25) is 0 Å². The van der Waals surface area contributed by atoms with Crippen LogP contribution in [0.15, 0.2) is 29.3 Å². The van der Waals surface area contributed by atoms with Crippen LogP contribution in [0, 0.1) is 0 Å². The van der Waals surface area contributed by atoms with Gasteiger partial charge in [-0.05, 0) is 51.8 Å². The van der Waals surface area contributed by atoms with Gasteiger partial charge in [0.1, 0.15) is 12.4 Å². The number of rotatable bonds is 7. The van der Waals surface area contributed by atoms with Crippen molar-refractivity contribution < 1.29 is 17.9 Å². The van der Waals surface area contributed by atoms with E-state index in [1.165, 1.54) is 12.1 Å². The van der Waals surface area contributed by atoms with Crippen LogP contribution in [0.5, 0.6) is 5.75 Å². The number of guanidine groups is 1. The largest absolute Gasteiger partial charge is 0.492 e. The van der Waals surface area contributed by atoms with Crippen molar-refractivity contribution in [3.63, 3.8) is 0 Å². The van der Waals surface area contributed by atoms with Gasteiger partial charge in [0.05, 0.1) is 12.1 Å². The number of hydrogen-bond acceptors (Lipinski definition) is 3. The van der Waals surface area contributed by atoms with E-state index in [1.54, 1.807) is 0 Å². The maximum absolute atomic E-state index is 12.7. The number of benzene rings is 1. The Morgan fingerprint density at radius 3 is 2.55 bits per heavy atom. The van der Waals surface area contributed by atoms with Crippen molar-refractivity contribution in [1.82, 2.24) is 15.5 Å². The van der Waals surface area contributed by atoms with E-state index >= 15 is 0 Å². The Balaban J connectivity index is 0.00000420. The zero-order chi connectivity index (χ0) is 20.6. The van der Waals surface area contributed by atoms with Crippen molar-refractivity contribution in [2.75, 3.05) is 32.8 Å². The summed E-state index contributed by atoms with van der Waals surface area (Å²) in [7, 11) is 0. The number of nitrogens with zero attached hydrogens (tertiary/aromatic N) is 2. The maximum Gasteiger partial charge on any atom is 0.416 e. The third-order valence-corrected chi connectivity index (χ3v) is 4.74. The third-order valence-electron chi connectivity index (χ3n) is 4.74. The number of likely N-dealkylation sites (tertiary alicyclic amines) is 1. The molecule has 0 amide bonds. The molecule has 1 saturated heterocycles. The highest BCUT2D eigenvalue weighted by molar-refractivity contribution is 14.0. The Morgan fingerprint density at radius 2 is 1.97 bits per heavy atom. The Hall–Kier alpha value is -1.23. The fourth-order valence-electron chi connectivity index (χ4n) is 3.16. The number of aliphatic imine (C=N–C) groups is 1. The quantitative estimate of drug-likeness (QED) is 0.242. The second kappa shape index (κ2) is 12.5. The highest BCUT2D eigenvalue weighted by atomic mass is 127. The van der Waals surface area contributed by atoms with Crippen LogP contribution in [0.1, 0.15) is 39.2 Å². The molecule has 2 N–H and O–H groups in total. The lowest BCUT2D eigenvalue weighted by atomic mass is 10.0. The first-order chi connectivity index (χ1) is 13.3. The van der Waals surface area contributed by atoms with Crippen LogP contribution in [-0.2, 0) is 6.18 Å². The molecule has 29 heavy (non-hydrogen) atoms. The smallest absolute Gasteiger partial charge is 0.416 e. The highest BCUT2D eigenvalue weighted by Crippen LogP contribution is 2.31. The van der Waals surface area contributed by atoms with Gasteiger partial charge in [-0.1, -0.05) is 6.07 Å². The van der Waals surface area contributed by atoms with Gasteiger partial charge in [-0.2, -0.15) is 13.2 Å². The molecule has 0 saturated carbocycles. The van der Waals surface area contributed by atoms with E-state index in [9.17, 15) is 13.2 Å². The molecular weight excluding hydrogens is 496 g/mol. The van der Waals surface area contributed by atoms with Gasteiger partial charge >= 0.3 is 6.18 Å². The minimum atomic E-state index is -4.37.